The molecule has 0 radical (unpaired) electrons. The number of nitrogens with zero attached hydrogens (tertiary/aromatic N) is 1. The molecular weight excluding hydrogens is 252 g/mol. The summed E-state index contributed by atoms with van der Waals surface area (Å²) in [5, 5.41) is 3.47. The SMILES string of the molecule is CCN(CC)C(=O)COc1cccc(CNC2CC2)c1. The first kappa shape index (κ1) is 14.9. The lowest BCUT2D eigenvalue weighted by Crippen LogP contribution is -2.34. The van der Waals surface area contributed by atoms with Crippen LogP contribution in [0.3, 0.4) is 0 Å². The molecule has 110 valence electrons. The molecule has 0 saturated heterocycles. The van der Waals surface area contributed by atoms with Crippen LogP contribution in [0.15, 0.2) is 24.3 Å². The summed E-state index contributed by atoms with van der Waals surface area (Å²) < 4.78 is 5.60. The molecule has 0 aliphatic heterocycles. The van der Waals surface area contributed by atoms with Gasteiger partial charge in [0.25, 0.3) is 5.91 Å². The summed E-state index contributed by atoms with van der Waals surface area (Å²) in [7, 11) is 0. The van der Waals surface area contributed by atoms with Gasteiger partial charge >= 0.3 is 0 Å². The summed E-state index contributed by atoms with van der Waals surface area (Å²) in [5.74, 6) is 0.803. The zero-order chi connectivity index (χ0) is 14.4. The van der Waals surface area contributed by atoms with Crippen molar-refractivity contribution < 1.29 is 9.53 Å². The Hall–Kier alpha value is -1.55. The van der Waals surface area contributed by atoms with Crippen molar-refractivity contribution >= 4 is 5.91 Å². The van der Waals surface area contributed by atoms with Gasteiger partial charge in [-0.3, -0.25) is 4.79 Å². The van der Waals surface area contributed by atoms with E-state index in [1.165, 1.54) is 18.4 Å². The average molecular weight is 276 g/mol. The van der Waals surface area contributed by atoms with Crippen LogP contribution in [0.2, 0.25) is 0 Å². The van der Waals surface area contributed by atoms with Crippen molar-refractivity contribution in [2.75, 3.05) is 19.7 Å². The van der Waals surface area contributed by atoms with Gasteiger partial charge in [-0.05, 0) is 44.4 Å². The molecule has 0 aromatic heterocycles. The molecule has 1 saturated carbocycles. The predicted octanol–water partition coefficient (Wildman–Crippen LogP) is 2.19. The Morgan fingerprint density at radius 2 is 2.10 bits per heavy atom. The zero-order valence-corrected chi connectivity index (χ0v) is 12.4. The van der Waals surface area contributed by atoms with Gasteiger partial charge in [-0.15, -0.1) is 0 Å². The minimum atomic E-state index is 0.0384. The van der Waals surface area contributed by atoms with Gasteiger partial charge in [-0.25, -0.2) is 0 Å². The molecule has 0 unspecified atom stereocenters. The number of carbonyl (C=O) groups is 1. The number of hydrogen-bond acceptors (Lipinski definition) is 3. The molecule has 4 heteroatoms. The lowest BCUT2D eigenvalue weighted by atomic mass is 10.2. The standard InChI is InChI=1S/C16H24N2O2/c1-3-18(4-2)16(19)12-20-15-7-5-6-13(10-15)11-17-14-8-9-14/h5-7,10,14,17H,3-4,8-9,11-12H2,1-2H3. The summed E-state index contributed by atoms with van der Waals surface area (Å²) in [5.41, 5.74) is 1.20. The average Bonchev–Trinajstić information content (AvgIpc) is 3.29. The minimum absolute atomic E-state index is 0.0384. The molecule has 1 aromatic rings. The van der Waals surface area contributed by atoms with Crippen LogP contribution in [-0.2, 0) is 11.3 Å². The first-order valence-corrected chi connectivity index (χ1v) is 7.45. The topological polar surface area (TPSA) is 41.6 Å². The normalized spacial score (nSPS) is 14.1. The number of nitrogens with one attached hydrogen (secondary N) is 1. The number of amides is 1. The van der Waals surface area contributed by atoms with E-state index in [0.717, 1.165) is 25.4 Å². The Balaban J connectivity index is 1.82. The number of rotatable bonds is 8. The zero-order valence-electron chi connectivity index (χ0n) is 12.4. The fraction of sp³-hybridized carbons (Fsp3) is 0.562. The summed E-state index contributed by atoms with van der Waals surface area (Å²) >= 11 is 0. The van der Waals surface area contributed by atoms with Crippen LogP contribution >= 0.6 is 0 Å². The second-order valence-corrected chi connectivity index (χ2v) is 5.16. The van der Waals surface area contributed by atoms with Crippen LogP contribution < -0.4 is 10.1 Å². The molecule has 0 spiro atoms. The monoisotopic (exact) mass is 276 g/mol. The molecule has 4 nitrogen and oxygen atoms in total. The van der Waals surface area contributed by atoms with E-state index in [9.17, 15) is 4.79 Å². The third-order valence-corrected chi connectivity index (χ3v) is 3.55. The Bertz CT molecular complexity index is 440. The van der Waals surface area contributed by atoms with Gasteiger partial charge in [0.05, 0.1) is 0 Å². The molecule has 20 heavy (non-hydrogen) atoms. The second-order valence-electron chi connectivity index (χ2n) is 5.16. The van der Waals surface area contributed by atoms with E-state index in [4.69, 9.17) is 4.74 Å². The molecule has 0 heterocycles. The van der Waals surface area contributed by atoms with Gasteiger partial charge < -0.3 is 15.0 Å². The molecule has 1 aliphatic rings. The highest BCUT2D eigenvalue weighted by Crippen LogP contribution is 2.20. The van der Waals surface area contributed by atoms with E-state index < -0.39 is 0 Å². The van der Waals surface area contributed by atoms with E-state index >= 15 is 0 Å². The van der Waals surface area contributed by atoms with E-state index in [-0.39, 0.29) is 12.5 Å². The van der Waals surface area contributed by atoms with Crippen molar-refractivity contribution in [2.45, 2.75) is 39.3 Å². The van der Waals surface area contributed by atoms with Gasteiger partial charge in [0.1, 0.15) is 5.75 Å². The van der Waals surface area contributed by atoms with E-state index in [1.807, 2.05) is 32.0 Å². The van der Waals surface area contributed by atoms with Crippen molar-refractivity contribution in [2.24, 2.45) is 0 Å². The van der Waals surface area contributed by atoms with Crippen LogP contribution in [0.5, 0.6) is 5.75 Å². The highest BCUT2D eigenvalue weighted by Gasteiger charge is 2.19. The quantitative estimate of drug-likeness (QED) is 0.791. The molecular formula is C16H24N2O2. The van der Waals surface area contributed by atoms with Crippen molar-refractivity contribution in [3.8, 4) is 5.75 Å². The third kappa shape index (κ3) is 4.53. The maximum atomic E-state index is 11.9. The van der Waals surface area contributed by atoms with Crippen LogP contribution in [0.1, 0.15) is 32.3 Å². The Labute approximate surface area is 121 Å². The summed E-state index contributed by atoms with van der Waals surface area (Å²) in [6.45, 7) is 6.39. The largest absolute Gasteiger partial charge is 0.484 e. The van der Waals surface area contributed by atoms with Crippen molar-refractivity contribution in [1.29, 1.82) is 0 Å². The molecule has 2 rings (SSSR count). The van der Waals surface area contributed by atoms with Gasteiger partial charge in [-0.1, -0.05) is 12.1 Å². The Morgan fingerprint density at radius 3 is 2.75 bits per heavy atom. The van der Waals surface area contributed by atoms with Crippen molar-refractivity contribution in [1.82, 2.24) is 10.2 Å². The Morgan fingerprint density at radius 1 is 1.35 bits per heavy atom. The van der Waals surface area contributed by atoms with Crippen LogP contribution in [0.25, 0.3) is 0 Å². The highest BCUT2D eigenvalue weighted by atomic mass is 16.5. The predicted molar refractivity (Wildman–Crippen MR) is 79.7 cm³/mol. The van der Waals surface area contributed by atoms with Crippen LogP contribution in [0.4, 0.5) is 0 Å². The summed E-state index contributed by atoms with van der Waals surface area (Å²) in [6.07, 6.45) is 2.57. The lowest BCUT2D eigenvalue weighted by Gasteiger charge is -2.18. The smallest absolute Gasteiger partial charge is 0.260 e. The maximum Gasteiger partial charge on any atom is 0.260 e. The molecule has 1 aromatic carbocycles. The van der Waals surface area contributed by atoms with Crippen molar-refractivity contribution in [3.63, 3.8) is 0 Å². The summed E-state index contributed by atoms with van der Waals surface area (Å²) in [6, 6.07) is 8.65. The highest BCUT2D eigenvalue weighted by molar-refractivity contribution is 5.77. The van der Waals surface area contributed by atoms with E-state index in [2.05, 4.69) is 11.4 Å². The van der Waals surface area contributed by atoms with E-state index in [1.54, 1.807) is 4.90 Å². The number of carbonyl (C=O) groups excluding carboxylic acids is 1. The molecule has 1 fully saturated rings. The van der Waals surface area contributed by atoms with E-state index in [0.29, 0.717) is 6.04 Å². The van der Waals surface area contributed by atoms with Crippen LogP contribution in [-0.4, -0.2) is 36.5 Å². The molecule has 1 amide bonds. The number of ether oxygens (including phenoxy) is 1. The van der Waals surface area contributed by atoms with Gasteiger partial charge in [0.2, 0.25) is 0 Å². The molecule has 1 N–H and O–H groups in total. The molecule has 1 aliphatic carbocycles. The Kier molecular flexibility index (Phi) is 5.41. The number of likely N-dealkylation sites (N-methyl/N-ethyl adjacent to an activating group) is 1. The van der Waals surface area contributed by atoms with Crippen molar-refractivity contribution in [3.05, 3.63) is 29.8 Å². The third-order valence-electron chi connectivity index (χ3n) is 3.55. The number of hydrogen-bond donors (Lipinski definition) is 1. The first-order chi connectivity index (χ1) is 9.72. The van der Waals surface area contributed by atoms with Crippen LogP contribution in [0, 0.1) is 0 Å². The lowest BCUT2D eigenvalue weighted by molar-refractivity contribution is -0.132. The second kappa shape index (κ2) is 7.29. The van der Waals surface area contributed by atoms with Gasteiger partial charge in [0.15, 0.2) is 6.61 Å². The fourth-order valence-electron chi connectivity index (χ4n) is 2.11. The number of benzene rings is 1. The molecule has 0 bridgehead atoms. The van der Waals surface area contributed by atoms with Gasteiger partial charge in [-0.2, -0.15) is 0 Å². The first-order valence-electron chi connectivity index (χ1n) is 7.45. The summed E-state index contributed by atoms with van der Waals surface area (Å²) in [4.78, 5) is 13.7. The van der Waals surface area contributed by atoms with Gasteiger partial charge in [0, 0.05) is 25.7 Å². The maximum absolute atomic E-state index is 11.9. The fourth-order valence-corrected chi connectivity index (χ4v) is 2.11. The molecule has 0 atom stereocenters. The minimum Gasteiger partial charge on any atom is -0.484 e.